The quantitative estimate of drug-likeness (QED) is 0.391. The fourth-order valence-corrected chi connectivity index (χ4v) is 2.77. The SMILES string of the molecule is [N-]=[N+]=NCC(=O)Nc1sc(Cl)cc1C(=O)c1ccccc1. The predicted octanol–water partition coefficient (Wildman–Crippen LogP) is 3.88. The van der Waals surface area contributed by atoms with Crippen LogP contribution in [0, 0.1) is 0 Å². The fourth-order valence-electron chi connectivity index (χ4n) is 1.63. The van der Waals surface area contributed by atoms with Crippen molar-refractivity contribution < 1.29 is 9.59 Å². The van der Waals surface area contributed by atoms with Gasteiger partial charge < -0.3 is 5.32 Å². The maximum atomic E-state index is 12.4. The van der Waals surface area contributed by atoms with E-state index in [1.807, 2.05) is 0 Å². The minimum atomic E-state index is -0.506. The number of carbonyl (C=O) groups is 2. The van der Waals surface area contributed by atoms with E-state index in [0.717, 1.165) is 11.3 Å². The van der Waals surface area contributed by atoms with Gasteiger partial charge in [0.25, 0.3) is 0 Å². The van der Waals surface area contributed by atoms with Crippen molar-refractivity contribution in [2.45, 2.75) is 0 Å². The molecule has 2 aromatic rings. The molecular weight excluding hydrogens is 312 g/mol. The Kier molecular flexibility index (Phi) is 4.94. The molecule has 0 spiro atoms. The molecule has 0 aliphatic carbocycles. The molecule has 1 heterocycles. The molecule has 21 heavy (non-hydrogen) atoms. The summed E-state index contributed by atoms with van der Waals surface area (Å²) < 4.78 is 0.383. The number of amides is 1. The van der Waals surface area contributed by atoms with Crippen LogP contribution < -0.4 is 5.32 Å². The molecule has 1 aromatic heterocycles. The van der Waals surface area contributed by atoms with Crippen LogP contribution in [-0.2, 0) is 4.79 Å². The molecule has 0 aliphatic heterocycles. The zero-order valence-electron chi connectivity index (χ0n) is 10.6. The Bertz CT molecular complexity index is 723. The summed E-state index contributed by atoms with van der Waals surface area (Å²) in [5.74, 6) is -0.744. The van der Waals surface area contributed by atoms with Crippen molar-refractivity contribution in [2.24, 2.45) is 5.11 Å². The lowest BCUT2D eigenvalue weighted by Gasteiger charge is -2.04. The predicted molar refractivity (Wildman–Crippen MR) is 81.8 cm³/mol. The van der Waals surface area contributed by atoms with Crippen molar-refractivity contribution in [3.8, 4) is 0 Å². The minimum Gasteiger partial charge on any atom is -0.317 e. The number of rotatable bonds is 5. The van der Waals surface area contributed by atoms with Crippen LogP contribution in [-0.4, -0.2) is 18.2 Å². The normalized spacial score (nSPS) is 9.76. The van der Waals surface area contributed by atoms with Gasteiger partial charge in [-0.05, 0) is 11.6 Å². The van der Waals surface area contributed by atoms with Gasteiger partial charge in [0, 0.05) is 10.5 Å². The molecule has 2 rings (SSSR count). The van der Waals surface area contributed by atoms with E-state index in [-0.39, 0.29) is 12.3 Å². The van der Waals surface area contributed by atoms with E-state index in [1.165, 1.54) is 6.07 Å². The molecule has 0 atom stereocenters. The van der Waals surface area contributed by atoms with Gasteiger partial charge in [0.05, 0.1) is 9.90 Å². The van der Waals surface area contributed by atoms with Crippen LogP contribution in [0.1, 0.15) is 15.9 Å². The van der Waals surface area contributed by atoms with Crippen molar-refractivity contribution in [2.75, 3.05) is 11.9 Å². The van der Waals surface area contributed by atoms with Crippen molar-refractivity contribution in [3.05, 3.63) is 62.3 Å². The van der Waals surface area contributed by atoms with Gasteiger partial charge in [0.15, 0.2) is 5.78 Å². The molecule has 0 aliphatic rings. The summed E-state index contributed by atoms with van der Waals surface area (Å²) in [5, 5.41) is 6.03. The number of nitrogens with one attached hydrogen (secondary N) is 1. The van der Waals surface area contributed by atoms with E-state index in [4.69, 9.17) is 17.1 Å². The highest BCUT2D eigenvalue weighted by Crippen LogP contribution is 2.33. The van der Waals surface area contributed by atoms with Gasteiger partial charge in [-0.3, -0.25) is 9.59 Å². The van der Waals surface area contributed by atoms with Gasteiger partial charge in [-0.1, -0.05) is 47.0 Å². The Hall–Kier alpha value is -2.34. The lowest BCUT2D eigenvalue weighted by Crippen LogP contribution is -2.15. The van der Waals surface area contributed by atoms with Gasteiger partial charge in [-0.25, -0.2) is 0 Å². The third-order valence-electron chi connectivity index (χ3n) is 2.51. The summed E-state index contributed by atoms with van der Waals surface area (Å²) >= 11 is 6.99. The highest BCUT2D eigenvalue weighted by atomic mass is 35.5. The lowest BCUT2D eigenvalue weighted by atomic mass is 10.1. The third kappa shape index (κ3) is 3.82. The molecule has 1 amide bonds. The molecule has 1 aromatic carbocycles. The maximum absolute atomic E-state index is 12.4. The third-order valence-corrected chi connectivity index (χ3v) is 3.69. The summed E-state index contributed by atoms with van der Waals surface area (Å²) in [6.45, 7) is -0.342. The zero-order valence-corrected chi connectivity index (χ0v) is 12.2. The van der Waals surface area contributed by atoms with Crippen molar-refractivity contribution in [1.82, 2.24) is 0 Å². The summed E-state index contributed by atoms with van der Waals surface area (Å²) in [7, 11) is 0. The van der Waals surface area contributed by atoms with Gasteiger partial charge in [-0.15, -0.1) is 11.3 Å². The van der Waals surface area contributed by atoms with Gasteiger partial charge in [-0.2, -0.15) is 0 Å². The second kappa shape index (κ2) is 6.90. The molecule has 106 valence electrons. The summed E-state index contributed by atoms with van der Waals surface area (Å²) in [6, 6.07) is 10.2. The number of halogens is 1. The molecule has 0 bridgehead atoms. The lowest BCUT2D eigenvalue weighted by molar-refractivity contribution is -0.114. The van der Waals surface area contributed by atoms with E-state index in [9.17, 15) is 9.59 Å². The van der Waals surface area contributed by atoms with Gasteiger partial charge in [0.2, 0.25) is 5.91 Å². The number of carbonyl (C=O) groups excluding carboxylic acids is 2. The highest BCUT2D eigenvalue weighted by Gasteiger charge is 2.18. The largest absolute Gasteiger partial charge is 0.317 e. The van der Waals surface area contributed by atoms with E-state index in [0.29, 0.717) is 20.5 Å². The number of nitrogens with zero attached hydrogens (tertiary/aromatic N) is 3. The number of hydrogen-bond acceptors (Lipinski definition) is 4. The minimum absolute atomic E-state index is 0.238. The van der Waals surface area contributed by atoms with E-state index >= 15 is 0 Å². The average Bonchev–Trinajstić information content (AvgIpc) is 2.85. The first kappa shape index (κ1) is 15.1. The topological polar surface area (TPSA) is 94.9 Å². The average molecular weight is 321 g/mol. The molecule has 0 radical (unpaired) electrons. The first-order valence-corrected chi connectivity index (χ1v) is 7.01. The Morgan fingerprint density at radius 3 is 2.71 bits per heavy atom. The molecule has 0 fully saturated rings. The molecule has 1 N–H and O–H groups in total. The summed E-state index contributed by atoms with van der Waals surface area (Å²) in [6.07, 6.45) is 0. The standard InChI is InChI=1S/C13H9ClN4O2S/c14-10-6-9(12(20)8-4-2-1-3-5-8)13(21-10)17-11(19)7-16-18-15/h1-6H,7H2,(H,17,19). The summed E-state index contributed by atoms with van der Waals surface area (Å²) in [5.41, 5.74) is 8.99. The number of anilines is 1. The monoisotopic (exact) mass is 320 g/mol. The molecule has 0 saturated heterocycles. The Labute approximate surface area is 129 Å². The first-order chi connectivity index (χ1) is 10.1. The summed E-state index contributed by atoms with van der Waals surface area (Å²) in [4.78, 5) is 26.5. The van der Waals surface area contributed by atoms with Crippen LogP contribution in [0.2, 0.25) is 4.34 Å². The Morgan fingerprint density at radius 2 is 2.05 bits per heavy atom. The molecular formula is C13H9ClN4O2S. The van der Waals surface area contributed by atoms with Crippen LogP contribution in [0.3, 0.4) is 0 Å². The number of benzene rings is 1. The van der Waals surface area contributed by atoms with E-state index in [2.05, 4.69) is 15.3 Å². The molecule has 6 nitrogen and oxygen atoms in total. The van der Waals surface area contributed by atoms with E-state index in [1.54, 1.807) is 30.3 Å². The number of thiophene rings is 1. The Balaban J connectivity index is 2.26. The zero-order chi connectivity index (χ0) is 15.2. The number of ketones is 1. The maximum Gasteiger partial charge on any atom is 0.230 e. The highest BCUT2D eigenvalue weighted by molar-refractivity contribution is 7.20. The van der Waals surface area contributed by atoms with Crippen molar-refractivity contribution in [1.29, 1.82) is 0 Å². The smallest absolute Gasteiger partial charge is 0.230 e. The second-order valence-electron chi connectivity index (χ2n) is 3.93. The Morgan fingerprint density at radius 1 is 1.33 bits per heavy atom. The van der Waals surface area contributed by atoms with Crippen LogP contribution in [0.5, 0.6) is 0 Å². The number of azide groups is 1. The van der Waals surface area contributed by atoms with Gasteiger partial charge in [0.1, 0.15) is 11.5 Å². The van der Waals surface area contributed by atoms with Crippen LogP contribution in [0.4, 0.5) is 5.00 Å². The van der Waals surface area contributed by atoms with Crippen molar-refractivity contribution >= 4 is 39.6 Å². The second-order valence-corrected chi connectivity index (χ2v) is 5.61. The van der Waals surface area contributed by atoms with Crippen LogP contribution in [0.25, 0.3) is 10.4 Å². The van der Waals surface area contributed by atoms with Gasteiger partial charge >= 0.3 is 0 Å². The van der Waals surface area contributed by atoms with Crippen molar-refractivity contribution in [3.63, 3.8) is 0 Å². The van der Waals surface area contributed by atoms with Crippen LogP contribution in [0.15, 0.2) is 41.5 Å². The molecule has 8 heteroatoms. The molecule has 0 unspecified atom stereocenters. The fraction of sp³-hybridized carbons (Fsp3) is 0.0769. The number of hydrogen-bond donors (Lipinski definition) is 1. The van der Waals surface area contributed by atoms with E-state index < -0.39 is 5.91 Å². The first-order valence-electron chi connectivity index (χ1n) is 5.81. The van der Waals surface area contributed by atoms with Crippen LogP contribution >= 0.6 is 22.9 Å². The molecule has 0 saturated carbocycles.